The van der Waals surface area contributed by atoms with Gasteiger partial charge in [-0.25, -0.2) is 29.9 Å². The lowest BCUT2D eigenvalue weighted by Gasteiger charge is -2.35. The van der Waals surface area contributed by atoms with E-state index in [-0.39, 0.29) is 0 Å². The lowest BCUT2D eigenvalue weighted by atomic mass is 10.1. The average Bonchev–Trinajstić information content (AvgIpc) is 1.60. The molecule has 10 heterocycles. The Morgan fingerprint density at radius 2 is 0.416 bits per heavy atom. The van der Waals surface area contributed by atoms with Gasteiger partial charge in [0.15, 0.2) is 8.07 Å². The van der Waals surface area contributed by atoms with Crippen LogP contribution in [0.3, 0.4) is 0 Å². The number of rotatable bonds is 10. The number of pyridine rings is 2. The van der Waals surface area contributed by atoms with Crippen molar-refractivity contribution in [2.75, 3.05) is 0 Å². The summed E-state index contributed by atoms with van der Waals surface area (Å²) in [4.78, 5) is 33.1. The summed E-state index contributed by atoms with van der Waals surface area (Å²) in [7, 11) is -3.37. The van der Waals surface area contributed by atoms with Crippen molar-refractivity contribution in [2.45, 2.75) is 0 Å². The summed E-state index contributed by atoms with van der Waals surface area (Å²) in [6, 6.07) is 118. The lowest BCUT2D eigenvalue weighted by Crippen LogP contribution is -2.74. The highest BCUT2D eigenvalue weighted by Crippen LogP contribution is 2.38. The maximum atomic E-state index is 5.77. The van der Waals surface area contributed by atoms with Gasteiger partial charge in [-0.05, 0) is 164 Å². The molecule has 0 amide bonds. The van der Waals surface area contributed by atoms with E-state index in [4.69, 9.17) is 29.9 Å². The van der Waals surface area contributed by atoms with Gasteiger partial charge in [0.05, 0.1) is 88.3 Å². The van der Waals surface area contributed by atoms with Gasteiger partial charge in [-0.15, -0.1) is 0 Å². The van der Waals surface area contributed by atoms with E-state index in [1.54, 1.807) is 0 Å². The fourth-order valence-electron chi connectivity index (χ4n) is 16.3. The number of hydrogen-bond donors (Lipinski definition) is 0. The summed E-state index contributed by atoms with van der Waals surface area (Å²) in [6.45, 7) is 0. The van der Waals surface area contributed by atoms with Crippen molar-refractivity contribution in [1.82, 2.24) is 65.8 Å². The van der Waals surface area contributed by atoms with Crippen LogP contribution in [0.15, 0.2) is 328 Å². The van der Waals surface area contributed by atoms with Crippen molar-refractivity contribution in [3.05, 3.63) is 328 Å². The zero-order chi connectivity index (χ0) is 66.0. The summed E-state index contributed by atoms with van der Waals surface area (Å²) < 4.78 is 17.9. The summed E-state index contributed by atoms with van der Waals surface area (Å²) in [5, 5.41) is 4.91. The van der Waals surface area contributed by atoms with E-state index in [1.165, 1.54) is 20.7 Å². The first kappa shape index (κ1) is 55.4. The van der Waals surface area contributed by atoms with E-state index < -0.39 is 8.07 Å². The molecular weight excluding hydrogens is 1260 g/mol. The fourth-order valence-corrected chi connectivity index (χ4v) is 21.2. The van der Waals surface area contributed by atoms with Gasteiger partial charge in [0.1, 0.15) is 23.3 Å². The van der Waals surface area contributed by atoms with Gasteiger partial charge in [0.25, 0.3) is 0 Å². The van der Waals surface area contributed by atoms with Crippen molar-refractivity contribution in [2.24, 2.45) is 0 Å². The van der Waals surface area contributed by atoms with Crippen molar-refractivity contribution in [3.8, 4) is 45.5 Å². The first-order valence-electron chi connectivity index (χ1n) is 33.9. The third kappa shape index (κ3) is 7.90. The van der Waals surface area contributed by atoms with Crippen LogP contribution < -0.4 is 20.7 Å². The van der Waals surface area contributed by atoms with Crippen molar-refractivity contribution in [1.29, 1.82) is 0 Å². The maximum Gasteiger partial charge on any atom is 0.221 e. The standard InChI is InChI=1S/C86H54N14Si/c1-3-27-59(28-4-1)101(60-29-5-2-6-30-60,61-31-23-25-55(49-61)57-51-79(97-75-45-19-15-41-71(75)93-67-37-11-7-33-63(67)87-83(93)97)91-80(52-57)98-76-46-20-16-42-72(76)94-68-38-12-8-34-64(68)88-84(94)98)62-32-24-26-56(50-62)58-53-81(99-77-47-21-17-43-73(77)95-69-39-13-9-35-65(69)89-85(95)99)92-82(54-58)100-78-48-22-18-44-74(78)96-70-40-14-10-36-66(70)90-86(96)100/h1-54H. The second-order valence-corrected chi connectivity index (χ2v) is 29.8. The molecule has 10 aromatic heterocycles. The molecule has 22 aromatic rings. The number of nitrogens with zero attached hydrogens (tertiary/aromatic N) is 14. The number of imidazole rings is 8. The second-order valence-electron chi connectivity index (χ2n) is 26.0. The normalized spacial score (nSPS) is 12.4. The SMILES string of the molecule is c1ccc([Si](c2ccccc2)(c2cccc(-c3cc(-n4c5ccccc5n5c6ccccc6nc45)nc(-n4c5ccccc5n5c6ccccc6nc45)c3)c2)c2cccc(-c3cc(-n4c5ccccc5n5c6ccccc6nc45)nc(-n4c5ccccc5n5c6ccccc6nc45)c3)c2)cc1. The Hall–Kier alpha value is -13.8. The molecule has 0 aliphatic heterocycles. The zero-order valence-electron chi connectivity index (χ0n) is 53.9. The Morgan fingerprint density at radius 3 is 0.703 bits per heavy atom. The first-order valence-corrected chi connectivity index (χ1v) is 35.9. The molecule has 12 aromatic carbocycles. The van der Waals surface area contributed by atoms with Gasteiger partial charge in [0.2, 0.25) is 23.1 Å². The molecule has 0 spiro atoms. The average molecular weight is 1310 g/mol. The lowest BCUT2D eigenvalue weighted by molar-refractivity contribution is 0.983. The molecule has 0 fully saturated rings. The predicted molar refractivity (Wildman–Crippen MR) is 409 cm³/mol. The van der Waals surface area contributed by atoms with Gasteiger partial charge >= 0.3 is 0 Å². The van der Waals surface area contributed by atoms with Crippen LogP contribution in [0.4, 0.5) is 0 Å². The van der Waals surface area contributed by atoms with Gasteiger partial charge in [0, 0.05) is 0 Å². The van der Waals surface area contributed by atoms with Gasteiger partial charge in [-0.2, -0.15) is 0 Å². The summed E-state index contributed by atoms with van der Waals surface area (Å²) in [5.41, 5.74) is 19.9. The van der Waals surface area contributed by atoms with Crippen LogP contribution in [0.2, 0.25) is 0 Å². The second kappa shape index (κ2) is 21.1. The molecule has 14 nitrogen and oxygen atoms in total. The van der Waals surface area contributed by atoms with Gasteiger partial charge in [-0.3, -0.25) is 35.9 Å². The van der Waals surface area contributed by atoms with E-state index in [0.717, 1.165) is 157 Å². The molecule has 0 saturated carbocycles. The molecule has 101 heavy (non-hydrogen) atoms. The van der Waals surface area contributed by atoms with Crippen LogP contribution in [0, 0.1) is 0 Å². The van der Waals surface area contributed by atoms with Crippen molar-refractivity contribution < 1.29 is 0 Å². The van der Waals surface area contributed by atoms with Crippen LogP contribution in [-0.4, -0.2) is 73.8 Å². The molecule has 15 heteroatoms. The van der Waals surface area contributed by atoms with Crippen LogP contribution in [-0.2, 0) is 0 Å². The minimum Gasteiger partial charge on any atom is -0.276 e. The van der Waals surface area contributed by atoms with Crippen LogP contribution in [0.1, 0.15) is 0 Å². The van der Waals surface area contributed by atoms with E-state index in [1.807, 2.05) is 0 Å². The highest BCUT2D eigenvalue weighted by molar-refractivity contribution is 7.20. The zero-order valence-corrected chi connectivity index (χ0v) is 54.9. The molecule has 0 saturated heterocycles. The van der Waals surface area contributed by atoms with E-state index in [9.17, 15) is 0 Å². The van der Waals surface area contributed by atoms with Crippen LogP contribution >= 0.6 is 0 Å². The summed E-state index contributed by atoms with van der Waals surface area (Å²) in [6.07, 6.45) is 0. The molecular formula is C86H54N14Si. The first-order chi connectivity index (χ1) is 50.1. The Kier molecular flexibility index (Phi) is 11.6. The third-order valence-electron chi connectivity index (χ3n) is 20.6. The highest BCUT2D eigenvalue weighted by Gasteiger charge is 2.42. The monoisotopic (exact) mass is 1310 g/mol. The van der Waals surface area contributed by atoms with E-state index in [2.05, 4.69) is 363 Å². The number of para-hydroxylation sites is 16. The largest absolute Gasteiger partial charge is 0.276 e. The minimum absolute atomic E-state index is 0.721. The number of benzene rings is 12. The summed E-state index contributed by atoms with van der Waals surface area (Å²) >= 11 is 0. The molecule has 22 rings (SSSR count). The molecule has 0 aliphatic carbocycles. The molecule has 0 unspecified atom stereocenters. The van der Waals surface area contributed by atoms with Crippen molar-refractivity contribution >= 4 is 140 Å². The maximum absolute atomic E-state index is 5.77. The smallest absolute Gasteiger partial charge is 0.221 e. The number of aromatic nitrogens is 14. The highest BCUT2D eigenvalue weighted by atomic mass is 28.3. The predicted octanol–water partition coefficient (Wildman–Crippen LogP) is 16.2. The van der Waals surface area contributed by atoms with Crippen LogP contribution in [0.25, 0.3) is 157 Å². The van der Waals surface area contributed by atoms with Crippen molar-refractivity contribution in [3.63, 3.8) is 0 Å². The quantitative estimate of drug-likeness (QED) is 0.0995. The molecule has 0 radical (unpaired) electrons. The Bertz CT molecular complexity index is 6420. The molecule has 472 valence electrons. The number of hydrogen-bond acceptors (Lipinski definition) is 6. The van der Waals surface area contributed by atoms with Crippen LogP contribution in [0.5, 0.6) is 0 Å². The molecule has 0 bridgehead atoms. The van der Waals surface area contributed by atoms with E-state index in [0.29, 0.717) is 0 Å². The number of fused-ring (bicyclic) bond motifs is 20. The van der Waals surface area contributed by atoms with E-state index >= 15 is 0 Å². The minimum atomic E-state index is -3.37. The Balaban J connectivity index is 0.795. The molecule has 0 N–H and O–H groups in total. The Morgan fingerprint density at radius 1 is 0.178 bits per heavy atom. The third-order valence-corrected chi connectivity index (χ3v) is 25.4. The fraction of sp³-hybridized carbons (Fsp3) is 0. The van der Waals surface area contributed by atoms with Gasteiger partial charge in [-0.1, -0.05) is 206 Å². The summed E-state index contributed by atoms with van der Waals surface area (Å²) in [5.74, 6) is 5.97. The Labute approximate surface area is 575 Å². The topological polar surface area (TPSA) is 115 Å². The molecule has 0 aliphatic rings. The van der Waals surface area contributed by atoms with Gasteiger partial charge < -0.3 is 0 Å². The molecule has 0 atom stereocenters.